The van der Waals surface area contributed by atoms with Crippen molar-refractivity contribution in [1.29, 1.82) is 10.5 Å². The van der Waals surface area contributed by atoms with E-state index in [1.165, 1.54) is 12.1 Å². The molecule has 0 spiro atoms. The lowest BCUT2D eigenvalue weighted by atomic mass is 9.99. The van der Waals surface area contributed by atoms with Crippen LogP contribution in [0.2, 0.25) is 0 Å². The quantitative estimate of drug-likeness (QED) is 0.445. The van der Waals surface area contributed by atoms with Crippen molar-refractivity contribution < 1.29 is 56.8 Å². The molecule has 6 aliphatic heterocycles. The first-order chi connectivity index (χ1) is 21.6. The summed E-state index contributed by atoms with van der Waals surface area (Å²) in [5, 5.41) is 19.5. The van der Waals surface area contributed by atoms with Crippen LogP contribution in [0.25, 0.3) is 0 Å². The highest BCUT2D eigenvalue weighted by Gasteiger charge is 2.62. The second-order valence-corrected chi connectivity index (χ2v) is 14.1. The van der Waals surface area contributed by atoms with Gasteiger partial charge < -0.3 is 56.8 Å². The summed E-state index contributed by atoms with van der Waals surface area (Å²) in [6, 6.07) is 7.05. The third-order valence-electron chi connectivity index (χ3n) is 8.63. The molecule has 1 aromatic rings. The van der Waals surface area contributed by atoms with Crippen molar-refractivity contribution in [3.05, 3.63) is 23.3 Å². The fraction of sp³-hybridized carbons (Fsp3) is 0.750. The van der Waals surface area contributed by atoms with Crippen LogP contribution in [0.15, 0.2) is 12.1 Å². The molecule has 46 heavy (non-hydrogen) atoms. The summed E-state index contributed by atoms with van der Waals surface area (Å²) >= 11 is 0. The average molecular weight is 645 g/mol. The Hall–Kier alpha value is -2.60. The molecule has 0 saturated carbocycles. The summed E-state index contributed by atoms with van der Waals surface area (Å²) in [6.45, 7) is 14.6. The first kappa shape index (κ1) is 32.0. The van der Waals surface area contributed by atoms with Crippen molar-refractivity contribution in [3.8, 4) is 23.6 Å². The molecule has 0 aromatic heterocycles. The van der Waals surface area contributed by atoms with Gasteiger partial charge in [0.05, 0.1) is 11.1 Å². The number of hydrogen-bond donors (Lipinski definition) is 0. The third kappa shape index (κ3) is 5.86. The van der Waals surface area contributed by atoms with E-state index in [4.69, 9.17) is 56.8 Å². The van der Waals surface area contributed by atoms with Crippen LogP contribution in [0.3, 0.4) is 0 Å². The molecule has 250 valence electrons. The van der Waals surface area contributed by atoms with E-state index >= 15 is 0 Å². The topological polar surface area (TPSA) is 158 Å². The Kier molecular flexibility index (Phi) is 7.62. The Morgan fingerprint density at radius 2 is 0.848 bits per heavy atom. The van der Waals surface area contributed by atoms with Crippen molar-refractivity contribution in [2.45, 2.75) is 140 Å². The maximum atomic E-state index is 9.76. The zero-order valence-electron chi connectivity index (χ0n) is 27.1. The van der Waals surface area contributed by atoms with Gasteiger partial charge in [-0.15, -0.1) is 0 Å². The molecule has 1 aromatic carbocycles. The molecular weight excluding hydrogens is 604 g/mol. The number of ether oxygens (including phenoxy) is 12. The smallest absolute Gasteiger partial charge is 0.190 e. The summed E-state index contributed by atoms with van der Waals surface area (Å²) in [4.78, 5) is 0. The van der Waals surface area contributed by atoms with Crippen LogP contribution in [0.1, 0.15) is 66.5 Å². The Balaban J connectivity index is 1.11. The lowest BCUT2D eigenvalue weighted by Crippen LogP contribution is -2.56. The number of rotatable bonds is 6. The van der Waals surface area contributed by atoms with Gasteiger partial charge in [0, 0.05) is 12.1 Å². The number of benzene rings is 1. The Labute approximate surface area is 267 Å². The Morgan fingerprint density at radius 1 is 0.522 bits per heavy atom. The van der Waals surface area contributed by atoms with Gasteiger partial charge in [-0.2, -0.15) is 10.5 Å². The van der Waals surface area contributed by atoms with Crippen LogP contribution >= 0.6 is 0 Å². The van der Waals surface area contributed by atoms with Gasteiger partial charge in [0.1, 0.15) is 74.2 Å². The fourth-order valence-electron chi connectivity index (χ4n) is 6.97. The highest BCUT2D eigenvalue weighted by atomic mass is 16.9. The maximum absolute atomic E-state index is 9.76. The lowest BCUT2D eigenvalue weighted by Gasteiger charge is -2.37. The number of nitriles is 2. The number of hydrogen-bond acceptors (Lipinski definition) is 14. The second kappa shape index (κ2) is 11.0. The van der Waals surface area contributed by atoms with Crippen LogP contribution in [0.5, 0.6) is 11.5 Å². The summed E-state index contributed by atoms with van der Waals surface area (Å²) in [6.07, 6.45) is -5.55. The minimum Gasteiger partial charge on any atom is -0.487 e. The van der Waals surface area contributed by atoms with Crippen LogP contribution in [-0.2, 0) is 47.4 Å². The molecule has 0 N–H and O–H groups in total. The van der Waals surface area contributed by atoms with Crippen LogP contribution in [-0.4, -0.2) is 97.8 Å². The predicted molar refractivity (Wildman–Crippen MR) is 152 cm³/mol. The molecule has 6 heterocycles. The number of fused-ring (bicyclic) bond motifs is 6. The molecule has 7 rings (SSSR count). The van der Waals surface area contributed by atoms with E-state index in [2.05, 4.69) is 12.1 Å². The van der Waals surface area contributed by atoms with E-state index < -0.39 is 84.6 Å². The van der Waals surface area contributed by atoms with Crippen molar-refractivity contribution >= 4 is 0 Å². The molecule has 6 fully saturated rings. The Bertz CT molecular complexity index is 1340. The van der Waals surface area contributed by atoms with Gasteiger partial charge in [0.25, 0.3) is 0 Å². The fourth-order valence-corrected chi connectivity index (χ4v) is 6.97. The van der Waals surface area contributed by atoms with E-state index in [1.54, 1.807) is 0 Å². The van der Waals surface area contributed by atoms with Gasteiger partial charge in [-0.3, -0.25) is 0 Å². The standard InChI is InChI=1S/C32H40N2O12/c1-29(2)39-21-19(37-27-25(23(21)41-29)43-31(5,6)45-27)13-35-17-9-15(11-33)16(12-34)10-18(17)36-14-20-22-24(42-30(3,4)40-22)26-28(38-20)46-32(7,8)44-26/h9-10,19-28H,13-14H2,1-8H3/t19-,20-,21+,22+,23+,24+,25-,26-,27-,28-/m1/s1. The lowest BCUT2D eigenvalue weighted by molar-refractivity contribution is -0.239. The molecule has 0 amide bonds. The summed E-state index contributed by atoms with van der Waals surface area (Å²) in [5.74, 6) is -3.02. The zero-order chi connectivity index (χ0) is 32.8. The molecule has 10 atom stereocenters. The van der Waals surface area contributed by atoms with E-state index in [-0.39, 0.29) is 35.8 Å². The minimum atomic E-state index is -0.876. The second-order valence-electron chi connectivity index (χ2n) is 14.1. The monoisotopic (exact) mass is 644 g/mol. The highest BCUT2D eigenvalue weighted by molar-refractivity contribution is 5.56. The van der Waals surface area contributed by atoms with E-state index in [0.717, 1.165) is 0 Å². The molecule has 0 aliphatic carbocycles. The molecule has 14 nitrogen and oxygen atoms in total. The molecule has 0 radical (unpaired) electrons. The van der Waals surface area contributed by atoms with Crippen molar-refractivity contribution in [1.82, 2.24) is 0 Å². The molecule has 0 bridgehead atoms. The Morgan fingerprint density at radius 3 is 1.22 bits per heavy atom. The van der Waals surface area contributed by atoms with E-state index in [1.807, 2.05) is 55.4 Å². The van der Waals surface area contributed by atoms with Gasteiger partial charge in [0.2, 0.25) is 0 Å². The van der Waals surface area contributed by atoms with Gasteiger partial charge in [-0.25, -0.2) is 0 Å². The molecule has 6 saturated heterocycles. The van der Waals surface area contributed by atoms with Crippen LogP contribution in [0.4, 0.5) is 0 Å². The van der Waals surface area contributed by atoms with Crippen LogP contribution < -0.4 is 9.47 Å². The van der Waals surface area contributed by atoms with Gasteiger partial charge >= 0.3 is 0 Å². The highest BCUT2D eigenvalue weighted by Crippen LogP contribution is 2.46. The minimum absolute atomic E-state index is 0.000524. The van der Waals surface area contributed by atoms with Gasteiger partial charge in [-0.1, -0.05) is 0 Å². The molecule has 6 aliphatic rings. The van der Waals surface area contributed by atoms with Crippen molar-refractivity contribution in [3.63, 3.8) is 0 Å². The summed E-state index contributed by atoms with van der Waals surface area (Å²) in [7, 11) is 0. The first-order valence-electron chi connectivity index (χ1n) is 15.5. The zero-order valence-corrected chi connectivity index (χ0v) is 27.1. The number of nitrogens with zero attached hydrogens (tertiary/aromatic N) is 2. The largest absolute Gasteiger partial charge is 0.487 e. The molecule has 0 unspecified atom stereocenters. The van der Waals surface area contributed by atoms with E-state index in [9.17, 15) is 10.5 Å². The summed E-state index contributed by atoms with van der Waals surface area (Å²) in [5.41, 5.74) is 0.265. The normalized spacial score (nSPS) is 40.6. The van der Waals surface area contributed by atoms with E-state index in [0.29, 0.717) is 0 Å². The van der Waals surface area contributed by atoms with Crippen molar-refractivity contribution in [2.75, 3.05) is 13.2 Å². The van der Waals surface area contributed by atoms with Gasteiger partial charge in [0.15, 0.2) is 47.2 Å². The van der Waals surface area contributed by atoms with Crippen LogP contribution in [0, 0.1) is 22.7 Å². The maximum Gasteiger partial charge on any atom is 0.190 e. The predicted octanol–water partition coefficient (Wildman–Crippen LogP) is 2.98. The SMILES string of the molecule is CC1(C)O[C@H]2[C@@H](O1)[C@@H](COc1cc(C#N)c(C#N)cc1OC[C@H]1O[C@@H]3OC(C)(C)O[C@@H]3[C@H]3OC(C)(C)O[C@H]31)O[C@@H]1OC(C)(C)O[C@@H]12. The third-order valence-corrected chi connectivity index (χ3v) is 8.63. The van der Waals surface area contributed by atoms with Crippen molar-refractivity contribution in [2.24, 2.45) is 0 Å². The summed E-state index contributed by atoms with van der Waals surface area (Å²) < 4.78 is 74.1. The first-order valence-corrected chi connectivity index (χ1v) is 15.5. The van der Waals surface area contributed by atoms with Gasteiger partial charge in [-0.05, 0) is 55.4 Å². The molecular formula is C32H40N2O12. The molecule has 14 heteroatoms. The average Bonchev–Trinajstić information content (AvgIpc) is 3.66.